The van der Waals surface area contributed by atoms with Crippen LogP contribution in [0.4, 0.5) is 5.69 Å². The van der Waals surface area contributed by atoms with Crippen molar-refractivity contribution in [2.45, 2.75) is 31.6 Å². The molecule has 0 aliphatic carbocycles. The minimum absolute atomic E-state index is 0.0406. The molecule has 0 spiro atoms. The summed E-state index contributed by atoms with van der Waals surface area (Å²) in [5, 5.41) is 10.0. The highest BCUT2D eigenvalue weighted by atomic mass is 32.2. The molecule has 0 fully saturated rings. The van der Waals surface area contributed by atoms with Crippen LogP contribution < -0.4 is 15.0 Å². The number of hydrogen-bond acceptors (Lipinski definition) is 4. The molecule has 0 unspecified atom stereocenters. The zero-order valence-corrected chi connectivity index (χ0v) is 12.3. The lowest BCUT2D eigenvalue weighted by molar-refractivity contribution is 0.597. The number of primary sulfonamides is 1. The van der Waals surface area contributed by atoms with Crippen LogP contribution in [0.2, 0.25) is 0 Å². The van der Waals surface area contributed by atoms with Gasteiger partial charge in [0.05, 0.1) is 10.6 Å². The van der Waals surface area contributed by atoms with Gasteiger partial charge in [-0.15, -0.1) is 0 Å². The van der Waals surface area contributed by atoms with Gasteiger partial charge in [0.2, 0.25) is 10.0 Å². The Hall–Kier alpha value is -1.16. The van der Waals surface area contributed by atoms with Gasteiger partial charge in [0, 0.05) is 0 Å². The first-order valence-corrected chi connectivity index (χ1v) is 8.66. The third-order valence-corrected chi connectivity index (χ3v) is 3.99. The average Bonchev–Trinajstić information content (AvgIpc) is 2.25. The van der Waals surface area contributed by atoms with E-state index in [1.165, 1.54) is 12.1 Å². The number of hydrogen-bond donors (Lipinski definition) is 3. The molecule has 1 aromatic rings. The molecule has 1 rings (SSSR count). The molecule has 0 bridgehead atoms. The van der Waals surface area contributed by atoms with Gasteiger partial charge < -0.3 is 0 Å². The summed E-state index contributed by atoms with van der Waals surface area (Å²) in [5.74, 6) is 0. The predicted molar refractivity (Wildman–Crippen MR) is 73.3 cm³/mol. The number of nitrogens with one attached hydrogen (secondary N) is 1. The van der Waals surface area contributed by atoms with E-state index < -0.39 is 20.2 Å². The molecule has 1 aromatic carbocycles. The predicted octanol–water partition coefficient (Wildman–Crippen LogP) is 0.0742. The van der Waals surface area contributed by atoms with Gasteiger partial charge in [-0.25, -0.2) is 18.7 Å². The zero-order chi connectivity index (χ0) is 14.8. The molecule has 108 valence electrons. The average molecular weight is 307 g/mol. The zero-order valence-electron chi connectivity index (χ0n) is 10.7. The second-order valence-corrected chi connectivity index (χ2v) is 6.87. The van der Waals surface area contributed by atoms with E-state index in [-0.39, 0.29) is 4.90 Å². The SMILES string of the molecule is CCc1cc(S(N)(=O)=O)cc(CC)c1NS(N)(=O)=O. The van der Waals surface area contributed by atoms with Crippen molar-refractivity contribution in [3.05, 3.63) is 23.3 Å². The van der Waals surface area contributed by atoms with Crippen molar-refractivity contribution in [2.24, 2.45) is 10.3 Å². The molecule has 0 atom stereocenters. The van der Waals surface area contributed by atoms with Gasteiger partial charge in [0.25, 0.3) is 10.2 Å². The molecule has 9 heteroatoms. The molecule has 19 heavy (non-hydrogen) atoms. The summed E-state index contributed by atoms with van der Waals surface area (Å²) in [6, 6.07) is 2.70. The van der Waals surface area contributed by atoms with Gasteiger partial charge in [-0.2, -0.15) is 8.42 Å². The van der Waals surface area contributed by atoms with Crippen LogP contribution in [0.25, 0.3) is 0 Å². The van der Waals surface area contributed by atoms with E-state index >= 15 is 0 Å². The monoisotopic (exact) mass is 307 g/mol. The fraction of sp³-hybridized carbons (Fsp3) is 0.400. The maximum atomic E-state index is 11.4. The summed E-state index contributed by atoms with van der Waals surface area (Å²) in [6.45, 7) is 3.55. The Morgan fingerprint density at radius 3 is 1.68 bits per heavy atom. The third kappa shape index (κ3) is 4.16. The molecule has 0 amide bonds. The van der Waals surface area contributed by atoms with Crippen molar-refractivity contribution in [2.75, 3.05) is 4.72 Å². The van der Waals surface area contributed by atoms with E-state index in [1.54, 1.807) is 13.8 Å². The Morgan fingerprint density at radius 2 is 1.42 bits per heavy atom. The minimum atomic E-state index is -3.92. The van der Waals surface area contributed by atoms with Crippen molar-refractivity contribution in [1.82, 2.24) is 0 Å². The fourth-order valence-corrected chi connectivity index (χ4v) is 2.89. The summed E-state index contributed by atoms with van der Waals surface area (Å²) >= 11 is 0. The van der Waals surface area contributed by atoms with Gasteiger partial charge in [-0.1, -0.05) is 13.8 Å². The van der Waals surface area contributed by atoms with Crippen LogP contribution in [0, 0.1) is 0 Å². The first kappa shape index (κ1) is 15.9. The van der Waals surface area contributed by atoms with E-state index in [1.807, 2.05) is 0 Å². The van der Waals surface area contributed by atoms with E-state index in [2.05, 4.69) is 4.72 Å². The number of aryl methyl sites for hydroxylation is 2. The van der Waals surface area contributed by atoms with Crippen molar-refractivity contribution in [3.63, 3.8) is 0 Å². The highest BCUT2D eigenvalue weighted by Crippen LogP contribution is 2.27. The number of nitrogens with two attached hydrogens (primary N) is 2. The Labute approximate surface area is 113 Å². The lowest BCUT2D eigenvalue weighted by Crippen LogP contribution is -2.24. The molecule has 0 radical (unpaired) electrons. The molecule has 0 heterocycles. The molecule has 5 N–H and O–H groups in total. The maximum Gasteiger partial charge on any atom is 0.296 e. The van der Waals surface area contributed by atoms with Crippen molar-refractivity contribution < 1.29 is 16.8 Å². The van der Waals surface area contributed by atoms with Gasteiger partial charge in [0.15, 0.2) is 0 Å². The first-order chi connectivity index (χ1) is 8.58. The van der Waals surface area contributed by atoms with E-state index in [4.69, 9.17) is 10.3 Å². The fourth-order valence-electron chi connectivity index (χ4n) is 1.73. The Bertz CT molecular complexity index is 656. The van der Waals surface area contributed by atoms with Crippen LogP contribution in [0.15, 0.2) is 17.0 Å². The van der Waals surface area contributed by atoms with Gasteiger partial charge in [-0.3, -0.25) is 4.72 Å². The topological polar surface area (TPSA) is 132 Å². The van der Waals surface area contributed by atoms with Crippen LogP contribution in [0.3, 0.4) is 0 Å². The standard InChI is InChI=1S/C10H17N3O4S2/c1-3-7-5-9(18(11,14)15)6-8(4-2)10(7)13-19(12,16)17/h5-6,13H,3-4H2,1-2H3,(H2,11,14,15)(H2,12,16,17). The largest absolute Gasteiger partial charge is 0.296 e. The molecule has 0 saturated heterocycles. The Balaban J connectivity index is 3.55. The number of anilines is 1. The smallest absolute Gasteiger partial charge is 0.271 e. The van der Waals surface area contributed by atoms with E-state index in [0.717, 1.165) is 0 Å². The molecule has 0 aromatic heterocycles. The lowest BCUT2D eigenvalue weighted by atomic mass is 10.0. The number of rotatable bonds is 5. The molecule has 0 saturated carbocycles. The summed E-state index contributed by atoms with van der Waals surface area (Å²) in [7, 11) is -7.76. The summed E-state index contributed by atoms with van der Waals surface area (Å²) in [5.41, 5.74) is 1.37. The second-order valence-electron chi connectivity index (χ2n) is 4.02. The highest BCUT2D eigenvalue weighted by Gasteiger charge is 2.17. The summed E-state index contributed by atoms with van der Waals surface area (Å²) in [4.78, 5) is -0.0406. The Morgan fingerprint density at radius 1 is 1.00 bits per heavy atom. The molecular formula is C10H17N3O4S2. The van der Waals surface area contributed by atoms with Gasteiger partial charge >= 0.3 is 0 Å². The van der Waals surface area contributed by atoms with Crippen LogP contribution in [0.1, 0.15) is 25.0 Å². The molecule has 0 aliphatic rings. The van der Waals surface area contributed by atoms with Crippen LogP contribution in [-0.4, -0.2) is 16.8 Å². The molecule has 0 aliphatic heterocycles. The normalized spacial score (nSPS) is 12.4. The van der Waals surface area contributed by atoms with E-state index in [9.17, 15) is 16.8 Å². The van der Waals surface area contributed by atoms with Crippen molar-refractivity contribution >= 4 is 25.9 Å². The van der Waals surface area contributed by atoms with Crippen molar-refractivity contribution in [3.8, 4) is 0 Å². The first-order valence-electron chi connectivity index (χ1n) is 5.57. The lowest BCUT2D eigenvalue weighted by Gasteiger charge is -2.15. The maximum absolute atomic E-state index is 11.4. The highest BCUT2D eigenvalue weighted by molar-refractivity contribution is 7.90. The number of sulfonamides is 1. The minimum Gasteiger partial charge on any atom is -0.271 e. The van der Waals surface area contributed by atoms with Crippen LogP contribution in [-0.2, 0) is 33.1 Å². The van der Waals surface area contributed by atoms with E-state index in [0.29, 0.717) is 29.7 Å². The molecular weight excluding hydrogens is 290 g/mol. The summed E-state index contributed by atoms with van der Waals surface area (Å²) < 4.78 is 47.3. The van der Waals surface area contributed by atoms with Crippen LogP contribution >= 0.6 is 0 Å². The summed E-state index contributed by atoms with van der Waals surface area (Å²) in [6.07, 6.45) is 0.877. The third-order valence-electron chi connectivity index (χ3n) is 2.61. The second kappa shape index (κ2) is 5.45. The molecule has 7 nitrogen and oxygen atoms in total. The Kier molecular flexibility index (Phi) is 4.56. The van der Waals surface area contributed by atoms with Gasteiger partial charge in [-0.05, 0) is 36.1 Å². The van der Waals surface area contributed by atoms with Crippen LogP contribution in [0.5, 0.6) is 0 Å². The van der Waals surface area contributed by atoms with Crippen molar-refractivity contribution in [1.29, 1.82) is 0 Å². The van der Waals surface area contributed by atoms with Gasteiger partial charge in [0.1, 0.15) is 0 Å². The quantitative estimate of drug-likeness (QED) is 0.710. The number of benzene rings is 1.